The molecule has 3 aromatic rings. The maximum atomic E-state index is 5.75. The van der Waals surface area contributed by atoms with Gasteiger partial charge in [-0.25, -0.2) is 4.98 Å². The Morgan fingerprint density at radius 1 is 1.37 bits per heavy atom. The van der Waals surface area contributed by atoms with E-state index in [0.29, 0.717) is 5.13 Å². The van der Waals surface area contributed by atoms with Crippen molar-refractivity contribution in [2.24, 2.45) is 0 Å². The summed E-state index contributed by atoms with van der Waals surface area (Å²) in [5.74, 6) is 0. The SMILES string of the molecule is Cc1nc(N)sc1Cc1cccc2cc(Br)cnc12. The average molecular weight is 334 g/mol. The highest BCUT2D eigenvalue weighted by Gasteiger charge is 2.09. The largest absolute Gasteiger partial charge is 0.375 e. The molecular weight excluding hydrogens is 322 g/mol. The zero-order valence-electron chi connectivity index (χ0n) is 10.4. The number of nitrogens with zero attached hydrogens (tertiary/aromatic N) is 2. The number of pyridine rings is 1. The number of aromatic nitrogens is 2. The van der Waals surface area contributed by atoms with Crippen molar-refractivity contribution in [1.82, 2.24) is 9.97 Å². The van der Waals surface area contributed by atoms with Gasteiger partial charge in [-0.3, -0.25) is 4.98 Å². The molecule has 0 fully saturated rings. The molecule has 0 radical (unpaired) electrons. The molecule has 2 heterocycles. The third-order valence-corrected chi connectivity index (χ3v) is 4.44. The number of hydrogen-bond donors (Lipinski definition) is 1. The molecule has 5 heteroatoms. The minimum Gasteiger partial charge on any atom is -0.375 e. The number of nitrogens with two attached hydrogens (primary N) is 1. The average Bonchev–Trinajstić information content (AvgIpc) is 2.68. The molecule has 1 aromatic carbocycles. The van der Waals surface area contributed by atoms with E-state index in [2.05, 4.69) is 50.2 Å². The lowest BCUT2D eigenvalue weighted by Crippen LogP contribution is -1.91. The quantitative estimate of drug-likeness (QED) is 0.772. The van der Waals surface area contributed by atoms with Crippen LogP contribution >= 0.6 is 27.3 Å². The van der Waals surface area contributed by atoms with Crippen LogP contribution in [0.4, 0.5) is 5.13 Å². The van der Waals surface area contributed by atoms with Gasteiger partial charge in [-0.05, 0) is 34.5 Å². The maximum absolute atomic E-state index is 5.75. The van der Waals surface area contributed by atoms with E-state index in [1.807, 2.05) is 13.1 Å². The molecule has 0 atom stereocenters. The Labute approximate surface area is 123 Å². The smallest absolute Gasteiger partial charge is 0.180 e. The van der Waals surface area contributed by atoms with E-state index in [1.54, 1.807) is 11.3 Å². The molecule has 0 amide bonds. The number of nitrogen functional groups attached to an aromatic ring is 1. The highest BCUT2D eigenvalue weighted by molar-refractivity contribution is 9.10. The van der Waals surface area contributed by atoms with Gasteiger partial charge in [0.15, 0.2) is 5.13 Å². The van der Waals surface area contributed by atoms with E-state index in [9.17, 15) is 0 Å². The maximum Gasteiger partial charge on any atom is 0.180 e. The topological polar surface area (TPSA) is 51.8 Å². The molecule has 0 aliphatic heterocycles. The standard InChI is InChI=1S/C14H12BrN3S/c1-8-12(19-14(16)18-8)6-10-4-2-3-9-5-11(15)7-17-13(9)10/h2-5,7H,6H2,1H3,(H2,16,18). The number of hydrogen-bond acceptors (Lipinski definition) is 4. The van der Waals surface area contributed by atoms with Gasteiger partial charge in [0, 0.05) is 27.4 Å². The molecular formula is C14H12BrN3S. The van der Waals surface area contributed by atoms with Crippen molar-refractivity contribution in [1.29, 1.82) is 0 Å². The molecule has 2 aromatic heterocycles. The molecule has 0 aliphatic carbocycles. The first-order valence-electron chi connectivity index (χ1n) is 5.88. The van der Waals surface area contributed by atoms with Gasteiger partial charge in [0.1, 0.15) is 0 Å². The lowest BCUT2D eigenvalue weighted by Gasteiger charge is -2.05. The first kappa shape index (κ1) is 12.6. The Morgan fingerprint density at radius 3 is 2.95 bits per heavy atom. The molecule has 3 rings (SSSR count). The second kappa shape index (κ2) is 4.90. The summed E-state index contributed by atoms with van der Waals surface area (Å²) in [7, 11) is 0. The van der Waals surface area contributed by atoms with E-state index in [0.717, 1.165) is 27.5 Å². The molecule has 0 bridgehead atoms. The van der Waals surface area contributed by atoms with Crippen LogP contribution in [0.3, 0.4) is 0 Å². The van der Waals surface area contributed by atoms with Crippen molar-refractivity contribution in [2.45, 2.75) is 13.3 Å². The molecule has 19 heavy (non-hydrogen) atoms. The molecule has 3 nitrogen and oxygen atoms in total. The summed E-state index contributed by atoms with van der Waals surface area (Å²) in [5.41, 5.74) is 9.01. The summed E-state index contributed by atoms with van der Waals surface area (Å²) in [6.45, 7) is 2.00. The van der Waals surface area contributed by atoms with Crippen LogP contribution in [0.2, 0.25) is 0 Å². The van der Waals surface area contributed by atoms with Crippen molar-refractivity contribution in [3.8, 4) is 0 Å². The summed E-state index contributed by atoms with van der Waals surface area (Å²) >= 11 is 5.00. The minimum atomic E-state index is 0.628. The number of rotatable bonds is 2. The number of thiazole rings is 1. The number of para-hydroxylation sites is 1. The molecule has 0 spiro atoms. The Bertz CT molecular complexity index is 752. The van der Waals surface area contributed by atoms with Crippen LogP contribution in [0.1, 0.15) is 16.1 Å². The monoisotopic (exact) mass is 333 g/mol. The van der Waals surface area contributed by atoms with Gasteiger partial charge >= 0.3 is 0 Å². The first-order chi connectivity index (χ1) is 9.13. The summed E-state index contributed by atoms with van der Waals surface area (Å²) in [4.78, 5) is 9.99. The molecule has 0 aliphatic rings. The van der Waals surface area contributed by atoms with Crippen LogP contribution < -0.4 is 5.73 Å². The van der Waals surface area contributed by atoms with Crippen LogP contribution in [-0.2, 0) is 6.42 Å². The van der Waals surface area contributed by atoms with Gasteiger partial charge in [-0.2, -0.15) is 0 Å². The van der Waals surface area contributed by atoms with Gasteiger partial charge in [0.25, 0.3) is 0 Å². The summed E-state index contributed by atoms with van der Waals surface area (Å²) in [6, 6.07) is 8.33. The zero-order chi connectivity index (χ0) is 13.4. The first-order valence-corrected chi connectivity index (χ1v) is 7.49. The van der Waals surface area contributed by atoms with Crippen molar-refractivity contribution < 1.29 is 0 Å². The predicted molar refractivity (Wildman–Crippen MR) is 83.5 cm³/mol. The van der Waals surface area contributed by atoms with E-state index in [4.69, 9.17) is 5.73 Å². The summed E-state index contributed by atoms with van der Waals surface area (Å²) in [6.07, 6.45) is 2.66. The van der Waals surface area contributed by atoms with E-state index in [-0.39, 0.29) is 0 Å². The third kappa shape index (κ3) is 2.48. The second-order valence-corrected chi connectivity index (χ2v) is 6.41. The summed E-state index contributed by atoms with van der Waals surface area (Å²) < 4.78 is 0.996. The third-order valence-electron chi connectivity index (χ3n) is 3.02. The van der Waals surface area contributed by atoms with Gasteiger partial charge in [0.2, 0.25) is 0 Å². The number of aryl methyl sites for hydroxylation is 1. The van der Waals surface area contributed by atoms with Crippen LogP contribution in [0.25, 0.3) is 10.9 Å². The van der Waals surface area contributed by atoms with Gasteiger partial charge in [0.05, 0.1) is 11.2 Å². The number of benzene rings is 1. The van der Waals surface area contributed by atoms with Gasteiger partial charge in [-0.15, -0.1) is 11.3 Å². The van der Waals surface area contributed by atoms with Gasteiger partial charge in [-0.1, -0.05) is 18.2 Å². The van der Waals surface area contributed by atoms with Crippen molar-refractivity contribution in [2.75, 3.05) is 5.73 Å². The highest BCUT2D eigenvalue weighted by atomic mass is 79.9. The second-order valence-electron chi connectivity index (χ2n) is 4.38. The lowest BCUT2D eigenvalue weighted by molar-refractivity contribution is 1.15. The van der Waals surface area contributed by atoms with Crippen molar-refractivity contribution in [3.05, 3.63) is 51.1 Å². The predicted octanol–water partition coefficient (Wildman–Crippen LogP) is 3.94. The fourth-order valence-corrected chi connectivity index (χ4v) is 3.33. The van der Waals surface area contributed by atoms with E-state index >= 15 is 0 Å². The Morgan fingerprint density at radius 2 is 2.21 bits per heavy atom. The van der Waals surface area contributed by atoms with Crippen LogP contribution in [0.5, 0.6) is 0 Å². The van der Waals surface area contributed by atoms with Crippen molar-refractivity contribution in [3.63, 3.8) is 0 Å². The number of halogens is 1. The molecule has 0 unspecified atom stereocenters. The normalized spacial score (nSPS) is 11.1. The molecule has 0 saturated heterocycles. The van der Waals surface area contributed by atoms with E-state index < -0.39 is 0 Å². The fraction of sp³-hybridized carbons (Fsp3) is 0.143. The highest BCUT2D eigenvalue weighted by Crippen LogP contribution is 2.27. The Kier molecular flexibility index (Phi) is 3.24. The summed E-state index contributed by atoms with van der Waals surface area (Å²) in [5, 5.41) is 1.77. The van der Waals surface area contributed by atoms with Gasteiger partial charge < -0.3 is 5.73 Å². The van der Waals surface area contributed by atoms with Crippen LogP contribution in [0.15, 0.2) is 34.9 Å². The number of anilines is 1. The molecule has 0 saturated carbocycles. The Balaban J connectivity index is 2.08. The number of fused-ring (bicyclic) bond motifs is 1. The zero-order valence-corrected chi connectivity index (χ0v) is 12.8. The Hall–Kier alpha value is -1.46. The lowest BCUT2D eigenvalue weighted by atomic mass is 10.1. The van der Waals surface area contributed by atoms with E-state index in [1.165, 1.54) is 10.4 Å². The molecule has 2 N–H and O–H groups in total. The minimum absolute atomic E-state index is 0.628. The fourth-order valence-electron chi connectivity index (χ4n) is 2.13. The van der Waals surface area contributed by atoms with Crippen LogP contribution in [0, 0.1) is 6.92 Å². The van der Waals surface area contributed by atoms with Crippen LogP contribution in [-0.4, -0.2) is 9.97 Å². The molecule has 96 valence electrons. The van der Waals surface area contributed by atoms with Crippen molar-refractivity contribution >= 4 is 43.3 Å².